The van der Waals surface area contributed by atoms with Gasteiger partial charge in [0.05, 0.1) is 11.4 Å². The molecule has 0 unspecified atom stereocenters. The smallest absolute Gasteiger partial charge is 0.320 e. The lowest BCUT2D eigenvalue weighted by atomic mass is 10.1. The minimum atomic E-state index is -0.723. The molecule has 1 N–H and O–H groups in total. The molecule has 5 nitrogen and oxygen atoms in total. The average Bonchev–Trinajstić information content (AvgIpc) is 3.15. The van der Waals surface area contributed by atoms with E-state index in [0.717, 1.165) is 40.8 Å². The van der Waals surface area contributed by atoms with Crippen LogP contribution in [0.2, 0.25) is 0 Å². The first-order chi connectivity index (χ1) is 11.5. The SMILES string of the molecule is CC(C)c1nn(-c2ccc(Br)cc2)cc1CN1CCC[C@@H]1C(=O)O. The van der Waals surface area contributed by atoms with Crippen LogP contribution in [0.4, 0.5) is 0 Å². The van der Waals surface area contributed by atoms with E-state index >= 15 is 0 Å². The summed E-state index contributed by atoms with van der Waals surface area (Å²) in [5.41, 5.74) is 3.15. The molecule has 1 aliphatic rings. The molecule has 0 saturated carbocycles. The number of carboxylic acids is 1. The number of hydrogen-bond donors (Lipinski definition) is 1. The number of carbonyl (C=O) groups is 1. The Morgan fingerprint density at radius 2 is 2.08 bits per heavy atom. The molecule has 128 valence electrons. The van der Waals surface area contributed by atoms with Gasteiger partial charge in [-0.15, -0.1) is 0 Å². The summed E-state index contributed by atoms with van der Waals surface area (Å²) in [7, 11) is 0. The molecule has 1 aliphatic heterocycles. The van der Waals surface area contributed by atoms with Gasteiger partial charge < -0.3 is 5.11 Å². The van der Waals surface area contributed by atoms with Crippen LogP contribution in [0.1, 0.15) is 43.9 Å². The maximum Gasteiger partial charge on any atom is 0.320 e. The third kappa shape index (κ3) is 3.54. The van der Waals surface area contributed by atoms with Crippen molar-refractivity contribution >= 4 is 21.9 Å². The van der Waals surface area contributed by atoms with Crippen molar-refractivity contribution in [1.29, 1.82) is 0 Å². The monoisotopic (exact) mass is 391 g/mol. The van der Waals surface area contributed by atoms with Crippen molar-refractivity contribution < 1.29 is 9.90 Å². The van der Waals surface area contributed by atoms with E-state index in [1.807, 2.05) is 35.1 Å². The largest absolute Gasteiger partial charge is 0.480 e. The summed E-state index contributed by atoms with van der Waals surface area (Å²) in [5, 5.41) is 14.1. The van der Waals surface area contributed by atoms with Crippen LogP contribution in [0.25, 0.3) is 5.69 Å². The van der Waals surface area contributed by atoms with Crippen molar-refractivity contribution in [1.82, 2.24) is 14.7 Å². The normalized spacial score (nSPS) is 18.4. The molecule has 0 aliphatic carbocycles. The van der Waals surface area contributed by atoms with Crippen LogP contribution < -0.4 is 0 Å². The number of aliphatic carboxylic acids is 1. The molecule has 1 fully saturated rings. The van der Waals surface area contributed by atoms with Crippen LogP contribution in [0.3, 0.4) is 0 Å². The second-order valence-electron chi connectivity index (χ2n) is 6.58. The van der Waals surface area contributed by atoms with Crippen molar-refractivity contribution in [2.45, 2.75) is 45.2 Å². The summed E-state index contributed by atoms with van der Waals surface area (Å²) < 4.78 is 2.92. The van der Waals surface area contributed by atoms with E-state index < -0.39 is 5.97 Å². The first-order valence-corrected chi connectivity index (χ1v) is 9.06. The number of rotatable bonds is 5. The van der Waals surface area contributed by atoms with Gasteiger partial charge in [0.2, 0.25) is 0 Å². The van der Waals surface area contributed by atoms with E-state index in [1.165, 1.54) is 0 Å². The molecule has 0 bridgehead atoms. The lowest BCUT2D eigenvalue weighted by Crippen LogP contribution is -2.35. The van der Waals surface area contributed by atoms with Gasteiger partial charge in [-0.2, -0.15) is 5.10 Å². The molecule has 0 amide bonds. The Labute approximate surface area is 150 Å². The van der Waals surface area contributed by atoms with Crippen LogP contribution in [0.15, 0.2) is 34.9 Å². The predicted molar refractivity (Wildman–Crippen MR) is 96.4 cm³/mol. The van der Waals surface area contributed by atoms with Crippen molar-refractivity contribution in [2.75, 3.05) is 6.54 Å². The molecule has 1 atom stereocenters. The highest BCUT2D eigenvalue weighted by Gasteiger charge is 2.31. The van der Waals surface area contributed by atoms with Crippen LogP contribution in [-0.4, -0.2) is 38.3 Å². The first-order valence-electron chi connectivity index (χ1n) is 8.27. The molecule has 2 heterocycles. The lowest BCUT2D eigenvalue weighted by molar-refractivity contribution is -0.142. The third-order valence-corrected chi connectivity index (χ3v) is 5.01. The van der Waals surface area contributed by atoms with Gasteiger partial charge >= 0.3 is 5.97 Å². The predicted octanol–water partition coefficient (Wildman–Crippen LogP) is 3.81. The van der Waals surface area contributed by atoms with Crippen LogP contribution in [0, 0.1) is 0 Å². The number of likely N-dealkylation sites (tertiary alicyclic amines) is 1. The molecule has 3 rings (SSSR count). The Morgan fingerprint density at radius 3 is 2.71 bits per heavy atom. The Balaban J connectivity index is 1.89. The van der Waals surface area contributed by atoms with Gasteiger partial charge in [-0.1, -0.05) is 29.8 Å². The Morgan fingerprint density at radius 1 is 1.38 bits per heavy atom. The minimum Gasteiger partial charge on any atom is -0.480 e. The average molecular weight is 392 g/mol. The molecule has 6 heteroatoms. The lowest BCUT2D eigenvalue weighted by Gasteiger charge is -2.21. The fraction of sp³-hybridized carbons (Fsp3) is 0.444. The van der Waals surface area contributed by atoms with E-state index in [9.17, 15) is 9.90 Å². The summed E-state index contributed by atoms with van der Waals surface area (Å²) in [5.74, 6) is -0.429. The Hall–Kier alpha value is -1.66. The molecule has 0 spiro atoms. The van der Waals surface area contributed by atoms with Crippen molar-refractivity contribution in [3.05, 3.63) is 46.2 Å². The van der Waals surface area contributed by atoms with Gasteiger partial charge in [0.25, 0.3) is 0 Å². The second kappa shape index (κ2) is 7.07. The molecule has 0 radical (unpaired) electrons. The zero-order valence-corrected chi connectivity index (χ0v) is 15.5. The number of halogens is 1. The molecule has 1 aromatic heterocycles. The van der Waals surface area contributed by atoms with Crippen molar-refractivity contribution in [3.63, 3.8) is 0 Å². The van der Waals surface area contributed by atoms with E-state index in [2.05, 4.69) is 34.7 Å². The minimum absolute atomic E-state index is 0.294. The topological polar surface area (TPSA) is 58.4 Å². The highest BCUT2D eigenvalue weighted by molar-refractivity contribution is 9.10. The fourth-order valence-corrected chi connectivity index (χ4v) is 3.54. The van der Waals surface area contributed by atoms with Crippen molar-refractivity contribution in [2.24, 2.45) is 0 Å². The van der Waals surface area contributed by atoms with Crippen LogP contribution in [-0.2, 0) is 11.3 Å². The number of carboxylic acid groups (broad SMARTS) is 1. The highest BCUT2D eigenvalue weighted by atomic mass is 79.9. The van der Waals surface area contributed by atoms with E-state index in [1.54, 1.807) is 0 Å². The quantitative estimate of drug-likeness (QED) is 0.841. The van der Waals surface area contributed by atoms with E-state index in [4.69, 9.17) is 5.10 Å². The Kier molecular flexibility index (Phi) is 5.06. The van der Waals surface area contributed by atoms with Gasteiger partial charge in [0.1, 0.15) is 6.04 Å². The maximum absolute atomic E-state index is 11.4. The van der Waals surface area contributed by atoms with Crippen LogP contribution in [0.5, 0.6) is 0 Å². The highest BCUT2D eigenvalue weighted by Crippen LogP contribution is 2.26. The number of benzene rings is 1. The van der Waals surface area contributed by atoms with Crippen molar-refractivity contribution in [3.8, 4) is 5.69 Å². The molecule has 2 aromatic rings. The van der Waals surface area contributed by atoms with Gasteiger partial charge in [0, 0.05) is 22.8 Å². The standard InChI is InChI=1S/C18H22BrN3O2/c1-12(2)17-13(10-21-9-3-4-16(21)18(23)24)11-22(20-17)15-7-5-14(19)6-8-15/h5-8,11-12,16H,3-4,9-10H2,1-2H3,(H,23,24)/t16-/m1/s1. The molecule has 24 heavy (non-hydrogen) atoms. The maximum atomic E-state index is 11.4. The summed E-state index contributed by atoms with van der Waals surface area (Å²) in [6.07, 6.45) is 3.71. The number of hydrogen-bond acceptors (Lipinski definition) is 3. The molecule has 1 saturated heterocycles. The molecule has 1 aromatic carbocycles. The zero-order chi connectivity index (χ0) is 17.3. The Bertz CT molecular complexity index is 724. The summed E-state index contributed by atoms with van der Waals surface area (Å²) >= 11 is 3.45. The molecular formula is C18H22BrN3O2. The summed E-state index contributed by atoms with van der Waals surface area (Å²) in [4.78, 5) is 13.5. The van der Waals surface area contributed by atoms with E-state index in [-0.39, 0.29) is 6.04 Å². The van der Waals surface area contributed by atoms with Crippen LogP contribution >= 0.6 is 15.9 Å². The van der Waals surface area contributed by atoms with Gasteiger partial charge in [0.15, 0.2) is 0 Å². The van der Waals surface area contributed by atoms with Gasteiger partial charge in [-0.25, -0.2) is 4.68 Å². The zero-order valence-electron chi connectivity index (χ0n) is 13.9. The first kappa shape index (κ1) is 17.2. The third-order valence-electron chi connectivity index (χ3n) is 4.48. The molecular weight excluding hydrogens is 370 g/mol. The summed E-state index contributed by atoms with van der Waals surface area (Å²) in [6, 6.07) is 7.64. The van der Waals surface area contributed by atoms with E-state index in [0.29, 0.717) is 12.5 Å². The second-order valence-corrected chi connectivity index (χ2v) is 7.50. The summed E-state index contributed by atoms with van der Waals surface area (Å²) in [6.45, 7) is 5.71. The fourth-order valence-electron chi connectivity index (χ4n) is 3.27. The number of nitrogens with zero attached hydrogens (tertiary/aromatic N) is 3. The van der Waals surface area contributed by atoms with Gasteiger partial charge in [-0.05, 0) is 49.6 Å². The van der Waals surface area contributed by atoms with Gasteiger partial charge in [-0.3, -0.25) is 9.69 Å². The number of aromatic nitrogens is 2.